The van der Waals surface area contributed by atoms with Gasteiger partial charge in [0.25, 0.3) is 0 Å². The van der Waals surface area contributed by atoms with Crippen LogP contribution in [0, 0.1) is 17.8 Å². The van der Waals surface area contributed by atoms with Crippen molar-refractivity contribution in [2.45, 2.75) is 179 Å². The highest BCUT2D eigenvalue weighted by Gasteiger charge is 2.53. The topological polar surface area (TPSA) is 206 Å². The number of methoxy groups -OCH3 is 1. The molecule has 3 aliphatic rings. The zero-order valence-corrected chi connectivity index (χ0v) is 34.9. The molecule has 0 amide bonds. The minimum atomic E-state index is -1.50. The second kappa shape index (κ2) is 21.5. The third-order valence-electron chi connectivity index (χ3n) is 10.7. The molecule has 0 radical (unpaired) electrons. The molecule has 0 aromatic heterocycles. The van der Waals surface area contributed by atoms with Gasteiger partial charge in [0.2, 0.25) is 0 Å². The summed E-state index contributed by atoms with van der Waals surface area (Å²) < 4.78 is 48.4. The van der Waals surface area contributed by atoms with Gasteiger partial charge >= 0.3 is 17.9 Å². The number of aliphatic hydroxyl groups is 3. The molecule has 16 heteroatoms. The number of carbonyl (C=O) groups excluding carboxylic acids is 4. The monoisotopic (exact) mass is 801 g/mol. The summed E-state index contributed by atoms with van der Waals surface area (Å²) in [4.78, 5) is 52.0. The van der Waals surface area contributed by atoms with Gasteiger partial charge in [-0.1, -0.05) is 32.9 Å². The van der Waals surface area contributed by atoms with Gasteiger partial charge in [0.15, 0.2) is 18.7 Å². The molecule has 2 saturated heterocycles. The lowest BCUT2D eigenvalue weighted by Crippen LogP contribution is -2.66. The Bertz CT molecular complexity index is 1310. The molecule has 322 valence electrons. The first-order valence-electron chi connectivity index (χ1n) is 19.7. The molecule has 0 bridgehead atoms. The van der Waals surface area contributed by atoms with E-state index in [4.69, 9.17) is 37.9 Å². The van der Waals surface area contributed by atoms with E-state index in [0.717, 1.165) is 0 Å². The normalized spacial score (nSPS) is 41.0. The van der Waals surface area contributed by atoms with Crippen LogP contribution >= 0.6 is 0 Å². The molecule has 56 heavy (non-hydrogen) atoms. The Balaban J connectivity index is 1.95. The van der Waals surface area contributed by atoms with E-state index in [1.165, 1.54) is 14.0 Å². The molecular formula is C40H67NO15. The number of hydrogen-bond acceptors (Lipinski definition) is 16. The Labute approximate surface area is 331 Å². The standard InChI is InChI=1S/C40H67NO15/c1-21(2)17-30(45)54-38-25(6)51-32(20-40(38,8)48)55-35-24(5)52-39(34(47)33(35)41(9)10)56-36-27(15-16-42)18-22(3)28(44)14-12-13-23(4)50-31(46)19-29(37(36)49-11)53-26(7)43/h12,14,16,21-25,27-29,32-39,44,47-48H,13,15,17-20H2,1-11H3/b14-12+/t22-,23-,24-,25+,27+,28+,29-,32+,33-,34-,35-,36?,37+,38+,39+,40-/m1/s1. The van der Waals surface area contributed by atoms with E-state index in [0.29, 0.717) is 12.7 Å². The molecule has 16 nitrogen and oxygen atoms in total. The van der Waals surface area contributed by atoms with Gasteiger partial charge in [-0.3, -0.25) is 14.4 Å². The Morgan fingerprint density at radius 3 is 2.29 bits per heavy atom. The van der Waals surface area contributed by atoms with Gasteiger partial charge in [-0.05, 0) is 66.0 Å². The lowest BCUT2D eigenvalue weighted by Gasteiger charge is -2.50. The fourth-order valence-electron chi connectivity index (χ4n) is 7.96. The van der Waals surface area contributed by atoms with Crippen LogP contribution in [-0.2, 0) is 57.1 Å². The highest BCUT2D eigenvalue weighted by molar-refractivity contribution is 5.72. The number of nitrogens with zero attached hydrogens (tertiary/aromatic N) is 1. The molecule has 1 unspecified atom stereocenters. The minimum absolute atomic E-state index is 0.0424. The summed E-state index contributed by atoms with van der Waals surface area (Å²) in [5, 5.41) is 34.5. The smallest absolute Gasteiger partial charge is 0.309 e. The van der Waals surface area contributed by atoms with Gasteiger partial charge in [0.1, 0.15) is 42.4 Å². The van der Waals surface area contributed by atoms with E-state index >= 15 is 0 Å². The number of esters is 3. The molecule has 3 rings (SSSR count). The van der Waals surface area contributed by atoms with Crippen molar-refractivity contribution in [1.29, 1.82) is 0 Å². The van der Waals surface area contributed by atoms with Gasteiger partial charge in [-0.25, -0.2) is 0 Å². The number of aldehydes is 1. The average molecular weight is 802 g/mol. The van der Waals surface area contributed by atoms with Crippen molar-refractivity contribution < 1.29 is 72.4 Å². The maximum atomic E-state index is 13.1. The van der Waals surface area contributed by atoms with Crippen LogP contribution in [0.4, 0.5) is 0 Å². The van der Waals surface area contributed by atoms with E-state index in [1.54, 1.807) is 58.8 Å². The first-order valence-corrected chi connectivity index (χ1v) is 19.7. The number of aliphatic hydroxyl groups excluding tert-OH is 2. The summed E-state index contributed by atoms with van der Waals surface area (Å²) in [7, 11) is 4.86. The number of ether oxygens (including phenoxy) is 8. The SMILES string of the molecule is CO[C@@H]1C(O[C@@H]2O[C@H](C)[C@@H](O[C@H]3C[C@@](C)(O)[C@@H](OC(=O)CC(C)C)[C@H](C)O3)[C@H](N(C)C)[C@H]2O)[C@@H](CC=O)C[C@@H](C)[C@@H](O)/C=C/C[C@@H](C)OC(=O)C[C@H]1OC(C)=O. The molecule has 0 aromatic carbocycles. The van der Waals surface area contributed by atoms with E-state index in [1.807, 2.05) is 20.8 Å². The first kappa shape index (κ1) is 47.8. The van der Waals surface area contributed by atoms with E-state index in [-0.39, 0.29) is 43.9 Å². The van der Waals surface area contributed by atoms with Crippen molar-refractivity contribution in [3.05, 3.63) is 12.2 Å². The lowest BCUT2D eigenvalue weighted by molar-refractivity contribution is -0.344. The molecule has 3 heterocycles. The predicted octanol–water partition coefficient (Wildman–Crippen LogP) is 2.46. The van der Waals surface area contributed by atoms with Crippen LogP contribution in [0.15, 0.2) is 12.2 Å². The molecule has 0 spiro atoms. The van der Waals surface area contributed by atoms with Gasteiger partial charge in [-0.2, -0.15) is 0 Å². The van der Waals surface area contributed by atoms with Crippen LogP contribution < -0.4 is 0 Å². The van der Waals surface area contributed by atoms with Crippen molar-refractivity contribution in [2.75, 3.05) is 21.2 Å². The van der Waals surface area contributed by atoms with Crippen LogP contribution in [0.1, 0.15) is 93.9 Å². The summed E-state index contributed by atoms with van der Waals surface area (Å²) in [5.74, 6) is -2.78. The van der Waals surface area contributed by atoms with Crippen molar-refractivity contribution in [3.8, 4) is 0 Å². The van der Waals surface area contributed by atoms with Crippen LogP contribution in [0.25, 0.3) is 0 Å². The Morgan fingerprint density at radius 1 is 1.04 bits per heavy atom. The van der Waals surface area contributed by atoms with Crippen molar-refractivity contribution >= 4 is 24.2 Å². The highest BCUT2D eigenvalue weighted by Crippen LogP contribution is 2.38. The van der Waals surface area contributed by atoms with Crippen LogP contribution in [0.5, 0.6) is 0 Å². The first-order chi connectivity index (χ1) is 26.2. The minimum Gasteiger partial charge on any atom is -0.462 e. The van der Waals surface area contributed by atoms with Crippen LogP contribution in [0.3, 0.4) is 0 Å². The Morgan fingerprint density at radius 2 is 1.71 bits per heavy atom. The van der Waals surface area contributed by atoms with Gasteiger partial charge in [0, 0.05) is 39.7 Å². The number of carbonyl (C=O) groups is 4. The van der Waals surface area contributed by atoms with Crippen LogP contribution in [-0.4, -0.2) is 151 Å². The Kier molecular flexibility index (Phi) is 18.3. The maximum Gasteiger partial charge on any atom is 0.309 e. The fourth-order valence-corrected chi connectivity index (χ4v) is 7.96. The van der Waals surface area contributed by atoms with E-state index < -0.39 is 109 Å². The average Bonchev–Trinajstić information content (AvgIpc) is 3.06. The summed E-state index contributed by atoms with van der Waals surface area (Å²) >= 11 is 0. The van der Waals surface area contributed by atoms with Crippen molar-refractivity contribution in [3.63, 3.8) is 0 Å². The lowest BCUT2D eigenvalue weighted by atomic mass is 9.82. The van der Waals surface area contributed by atoms with Gasteiger partial charge in [0.05, 0.1) is 36.9 Å². The number of hydrogen-bond donors (Lipinski definition) is 3. The van der Waals surface area contributed by atoms with Gasteiger partial charge in [-0.15, -0.1) is 0 Å². The summed E-state index contributed by atoms with van der Waals surface area (Å²) in [6, 6.07) is -0.773. The summed E-state index contributed by atoms with van der Waals surface area (Å²) in [6.45, 7) is 13.5. The molecule has 3 N–H and O–H groups in total. The summed E-state index contributed by atoms with van der Waals surface area (Å²) in [6.07, 6.45) is -7.55. The third-order valence-corrected chi connectivity index (χ3v) is 10.7. The molecule has 0 aliphatic carbocycles. The number of rotatable bonds is 12. The van der Waals surface area contributed by atoms with Crippen molar-refractivity contribution in [1.82, 2.24) is 4.90 Å². The van der Waals surface area contributed by atoms with E-state index in [2.05, 4.69) is 0 Å². The second-order valence-corrected chi connectivity index (χ2v) is 16.6. The molecular weight excluding hydrogens is 734 g/mol. The van der Waals surface area contributed by atoms with Gasteiger partial charge < -0.3 is 62.9 Å². The number of likely N-dealkylation sites (N-methyl/N-ethyl adjacent to an activating group) is 1. The van der Waals surface area contributed by atoms with Crippen molar-refractivity contribution in [2.24, 2.45) is 17.8 Å². The largest absolute Gasteiger partial charge is 0.462 e. The zero-order chi connectivity index (χ0) is 42.1. The summed E-state index contributed by atoms with van der Waals surface area (Å²) in [5.41, 5.74) is -1.50. The molecule has 3 aliphatic heterocycles. The number of cyclic esters (lactones) is 1. The fraction of sp³-hybridized carbons (Fsp3) is 0.850. The Hall–Kier alpha value is -2.54. The molecule has 2 fully saturated rings. The van der Waals surface area contributed by atoms with Crippen LogP contribution in [0.2, 0.25) is 0 Å². The second-order valence-electron chi connectivity index (χ2n) is 16.6. The molecule has 16 atom stereocenters. The van der Waals surface area contributed by atoms with E-state index in [9.17, 15) is 34.5 Å². The molecule has 0 saturated carbocycles. The zero-order valence-electron chi connectivity index (χ0n) is 34.9. The maximum absolute atomic E-state index is 13.1. The molecule has 0 aromatic rings. The highest BCUT2D eigenvalue weighted by atomic mass is 16.7. The predicted molar refractivity (Wildman–Crippen MR) is 201 cm³/mol. The third kappa shape index (κ3) is 13.2. The quantitative estimate of drug-likeness (QED) is 0.112.